The zero-order valence-electron chi connectivity index (χ0n) is 9.21. The minimum Gasteiger partial charge on any atom is -0.360 e. The zero-order chi connectivity index (χ0) is 11.7. The fourth-order valence-electron chi connectivity index (χ4n) is 1.71. The molecule has 0 aliphatic heterocycles. The Kier molecular flexibility index (Phi) is 2.49. The van der Waals surface area contributed by atoms with Gasteiger partial charge in [-0.05, 0) is 24.4 Å². The topological polar surface area (TPSA) is 66.5 Å². The first kappa shape index (κ1) is 10.2. The highest BCUT2D eigenvalue weighted by atomic mass is 32.1. The first-order chi connectivity index (χ1) is 8.34. The number of hydrogen-bond donors (Lipinski definition) is 2. The molecule has 0 spiro atoms. The first-order valence-electron chi connectivity index (χ1n) is 5.28. The molecule has 3 aromatic heterocycles. The predicted molar refractivity (Wildman–Crippen MR) is 68.0 cm³/mol. The van der Waals surface area contributed by atoms with Crippen molar-refractivity contribution in [2.45, 2.75) is 13.0 Å². The fraction of sp³-hybridized carbons (Fsp3) is 0.182. The van der Waals surface area contributed by atoms with Crippen molar-refractivity contribution in [2.75, 3.05) is 5.32 Å². The number of anilines is 1. The van der Waals surface area contributed by atoms with Gasteiger partial charge in [0, 0.05) is 16.3 Å². The van der Waals surface area contributed by atoms with E-state index in [-0.39, 0.29) is 6.04 Å². The van der Waals surface area contributed by atoms with Gasteiger partial charge in [-0.1, -0.05) is 0 Å². The van der Waals surface area contributed by atoms with Crippen molar-refractivity contribution in [3.8, 4) is 0 Å². The van der Waals surface area contributed by atoms with Crippen LogP contribution in [-0.4, -0.2) is 20.2 Å². The van der Waals surface area contributed by atoms with Crippen molar-refractivity contribution in [3.05, 3.63) is 35.9 Å². The lowest BCUT2D eigenvalue weighted by atomic mass is 10.2. The summed E-state index contributed by atoms with van der Waals surface area (Å²) in [7, 11) is 0. The summed E-state index contributed by atoms with van der Waals surface area (Å²) in [5.74, 6) is 1.69. The average Bonchev–Trinajstić information content (AvgIpc) is 3.00. The van der Waals surface area contributed by atoms with E-state index in [9.17, 15) is 0 Å². The van der Waals surface area contributed by atoms with Gasteiger partial charge in [0.2, 0.25) is 0 Å². The van der Waals surface area contributed by atoms with Crippen LogP contribution in [-0.2, 0) is 0 Å². The summed E-state index contributed by atoms with van der Waals surface area (Å²) >= 11 is 1.71. The molecule has 1 atom stereocenters. The molecular formula is C11H11N5S. The SMILES string of the molecule is CC(Nc1nccc2sccc12)c1ncn[nH]1. The van der Waals surface area contributed by atoms with E-state index in [1.54, 1.807) is 11.3 Å². The lowest BCUT2D eigenvalue weighted by Crippen LogP contribution is -2.09. The summed E-state index contributed by atoms with van der Waals surface area (Å²) < 4.78 is 1.23. The van der Waals surface area contributed by atoms with Gasteiger partial charge < -0.3 is 5.32 Å². The quantitative estimate of drug-likeness (QED) is 0.744. The van der Waals surface area contributed by atoms with Gasteiger partial charge in [-0.2, -0.15) is 5.10 Å². The third kappa shape index (κ3) is 1.87. The van der Waals surface area contributed by atoms with E-state index in [1.807, 2.05) is 19.2 Å². The average molecular weight is 245 g/mol. The molecule has 2 N–H and O–H groups in total. The second kappa shape index (κ2) is 4.14. The summed E-state index contributed by atoms with van der Waals surface area (Å²) in [6.45, 7) is 2.02. The van der Waals surface area contributed by atoms with Crippen molar-refractivity contribution < 1.29 is 0 Å². The van der Waals surface area contributed by atoms with E-state index in [4.69, 9.17) is 0 Å². The number of rotatable bonds is 3. The summed E-state index contributed by atoms with van der Waals surface area (Å²) in [5, 5.41) is 13.2. The second-order valence-electron chi connectivity index (χ2n) is 3.73. The number of aromatic nitrogens is 4. The molecule has 0 bridgehead atoms. The van der Waals surface area contributed by atoms with Crippen LogP contribution in [0.25, 0.3) is 10.1 Å². The number of aromatic amines is 1. The summed E-state index contributed by atoms with van der Waals surface area (Å²) in [4.78, 5) is 8.49. The Morgan fingerprint density at radius 3 is 3.12 bits per heavy atom. The van der Waals surface area contributed by atoms with E-state index >= 15 is 0 Å². The van der Waals surface area contributed by atoms with Gasteiger partial charge in [-0.3, -0.25) is 5.10 Å². The van der Waals surface area contributed by atoms with E-state index < -0.39 is 0 Å². The number of nitrogens with one attached hydrogen (secondary N) is 2. The van der Waals surface area contributed by atoms with Crippen LogP contribution in [0.4, 0.5) is 5.82 Å². The lowest BCUT2D eigenvalue weighted by Gasteiger charge is -2.12. The van der Waals surface area contributed by atoms with Crippen molar-refractivity contribution in [2.24, 2.45) is 0 Å². The smallest absolute Gasteiger partial charge is 0.146 e. The molecule has 0 saturated carbocycles. The monoisotopic (exact) mass is 245 g/mol. The van der Waals surface area contributed by atoms with Crippen LogP contribution in [0.1, 0.15) is 18.8 Å². The first-order valence-corrected chi connectivity index (χ1v) is 6.16. The second-order valence-corrected chi connectivity index (χ2v) is 4.68. The Balaban J connectivity index is 1.92. The number of fused-ring (bicyclic) bond motifs is 1. The van der Waals surface area contributed by atoms with E-state index in [2.05, 4.69) is 36.9 Å². The van der Waals surface area contributed by atoms with E-state index in [1.165, 1.54) is 11.0 Å². The summed E-state index contributed by atoms with van der Waals surface area (Å²) in [6.07, 6.45) is 3.32. The summed E-state index contributed by atoms with van der Waals surface area (Å²) in [5.41, 5.74) is 0. The fourth-order valence-corrected chi connectivity index (χ4v) is 2.49. The molecule has 17 heavy (non-hydrogen) atoms. The Morgan fingerprint density at radius 2 is 2.29 bits per heavy atom. The molecule has 86 valence electrons. The third-order valence-corrected chi connectivity index (χ3v) is 3.46. The molecular weight excluding hydrogens is 234 g/mol. The maximum absolute atomic E-state index is 4.36. The molecule has 0 aliphatic carbocycles. The predicted octanol–water partition coefficient (Wildman–Crippen LogP) is 2.59. The number of nitrogens with zero attached hydrogens (tertiary/aromatic N) is 3. The van der Waals surface area contributed by atoms with Gasteiger partial charge in [0.05, 0.1) is 6.04 Å². The van der Waals surface area contributed by atoms with Crippen molar-refractivity contribution in [3.63, 3.8) is 0 Å². The van der Waals surface area contributed by atoms with Gasteiger partial charge in [-0.25, -0.2) is 9.97 Å². The Hall–Kier alpha value is -1.95. The van der Waals surface area contributed by atoms with Crippen molar-refractivity contribution >= 4 is 27.2 Å². The third-order valence-electron chi connectivity index (χ3n) is 2.58. The van der Waals surface area contributed by atoms with Crippen LogP contribution in [0.3, 0.4) is 0 Å². The number of pyridine rings is 1. The van der Waals surface area contributed by atoms with Gasteiger partial charge >= 0.3 is 0 Å². The highest BCUT2D eigenvalue weighted by Crippen LogP contribution is 2.27. The van der Waals surface area contributed by atoms with E-state index in [0.717, 1.165) is 17.0 Å². The zero-order valence-corrected chi connectivity index (χ0v) is 10.0. The molecule has 0 amide bonds. The molecule has 1 unspecified atom stereocenters. The molecule has 3 rings (SSSR count). The summed E-state index contributed by atoms with van der Waals surface area (Å²) in [6, 6.07) is 4.14. The van der Waals surface area contributed by atoms with Crippen LogP contribution in [0, 0.1) is 0 Å². The molecule has 3 aromatic rings. The Labute approximate surface area is 102 Å². The minimum absolute atomic E-state index is 0.0514. The van der Waals surface area contributed by atoms with Crippen LogP contribution in [0.2, 0.25) is 0 Å². The lowest BCUT2D eigenvalue weighted by molar-refractivity contribution is 0.792. The van der Waals surface area contributed by atoms with Gasteiger partial charge in [0.1, 0.15) is 18.0 Å². The Bertz CT molecular complexity index is 616. The number of thiophene rings is 1. The molecule has 3 heterocycles. The maximum Gasteiger partial charge on any atom is 0.146 e. The highest BCUT2D eigenvalue weighted by molar-refractivity contribution is 7.17. The largest absolute Gasteiger partial charge is 0.360 e. The van der Waals surface area contributed by atoms with Gasteiger partial charge in [0.15, 0.2) is 0 Å². The Morgan fingerprint density at radius 1 is 1.35 bits per heavy atom. The number of hydrogen-bond acceptors (Lipinski definition) is 5. The van der Waals surface area contributed by atoms with Crippen molar-refractivity contribution in [1.82, 2.24) is 20.2 Å². The highest BCUT2D eigenvalue weighted by Gasteiger charge is 2.10. The van der Waals surface area contributed by atoms with Crippen molar-refractivity contribution in [1.29, 1.82) is 0 Å². The molecule has 0 fully saturated rings. The molecule has 0 aliphatic rings. The van der Waals surface area contributed by atoms with Crippen LogP contribution >= 0.6 is 11.3 Å². The standard InChI is InChI=1S/C11H11N5S/c1-7(10-13-6-14-16-10)15-11-8-3-5-17-9(8)2-4-12-11/h2-7H,1H3,(H,12,15)(H,13,14,16). The maximum atomic E-state index is 4.36. The molecule has 0 saturated heterocycles. The normalized spacial score (nSPS) is 12.8. The molecule has 6 heteroatoms. The number of H-pyrrole nitrogens is 1. The van der Waals surface area contributed by atoms with Crippen LogP contribution < -0.4 is 5.32 Å². The van der Waals surface area contributed by atoms with Gasteiger partial charge in [0.25, 0.3) is 0 Å². The van der Waals surface area contributed by atoms with Crippen LogP contribution in [0.15, 0.2) is 30.0 Å². The minimum atomic E-state index is 0.0514. The molecule has 0 aromatic carbocycles. The van der Waals surface area contributed by atoms with Crippen LogP contribution in [0.5, 0.6) is 0 Å². The molecule has 5 nitrogen and oxygen atoms in total. The van der Waals surface area contributed by atoms with Gasteiger partial charge in [-0.15, -0.1) is 11.3 Å². The van der Waals surface area contributed by atoms with E-state index in [0.29, 0.717) is 0 Å². The molecule has 0 radical (unpaired) electrons.